The van der Waals surface area contributed by atoms with Crippen LogP contribution in [0.1, 0.15) is 0 Å². The highest BCUT2D eigenvalue weighted by Crippen LogP contribution is 2.56. The summed E-state index contributed by atoms with van der Waals surface area (Å²) in [5.74, 6) is -26.4. The normalized spacial score (nSPS) is 18.9. The predicted octanol–water partition coefficient (Wildman–Crippen LogP) is 5.03. The van der Waals surface area contributed by atoms with Gasteiger partial charge >= 0.3 is 54.3 Å². The van der Waals surface area contributed by atoms with E-state index in [0.717, 1.165) is 0 Å². The number of ether oxygens (including phenoxy) is 3. The molecule has 186 valence electrons. The molecular weight excluding hydrogens is 507 g/mol. The first kappa shape index (κ1) is 29.2. The number of methoxy groups -OCH3 is 1. The molecule has 0 aromatic carbocycles. The minimum absolute atomic E-state index is 0.231. The summed E-state index contributed by atoms with van der Waals surface area (Å²) in [6, 6.07) is 0. The van der Waals surface area contributed by atoms with Crippen LogP contribution in [0.2, 0.25) is 0 Å². The Morgan fingerprint density at radius 1 is 0.548 bits per heavy atom. The third-order valence-corrected chi connectivity index (χ3v) is 2.81. The Hall–Kier alpha value is -1.80. The average Bonchev–Trinajstić information content (AvgIpc) is 2.49. The highest BCUT2D eigenvalue weighted by Gasteiger charge is 2.85. The van der Waals surface area contributed by atoms with E-state index in [1.807, 2.05) is 0 Å². The highest BCUT2D eigenvalue weighted by molar-refractivity contribution is 5.78. The first-order chi connectivity index (χ1) is 13.1. The standard InChI is InChI=1S/C10H3F17O4/c1-29-2(28)3(11,6(15,16)17)30-10(26,27)5(14,8(21,22)23)31-9(24,25)4(12,13)7(18,19)20/h1H3/t3-,5-/m0/s1. The number of hydrogen-bond donors (Lipinski definition) is 0. The van der Waals surface area contributed by atoms with E-state index in [0.29, 0.717) is 0 Å². The lowest BCUT2D eigenvalue weighted by atomic mass is 10.2. The van der Waals surface area contributed by atoms with Crippen molar-refractivity contribution < 1.29 is 93.6 Å². The van der Waals surface area contributed by atoms with Gasteiger partial charge in [-0.15, -0.1) is 0 Å². The Balaban J connectivity index is 6.69. The largest absolute Gasteiger partial charge is 0.465 e. The third-order valence-electron chi connectivity index (χ3n) is 2.81. The Morgan fingerprint density at radius 3 is 1.19 bits per heavy atom. The van der Waals surface area contributed by atoms with Crippen molar-refractivity contribution in [1.29, 1.82) is 0 Å². The molecule has 0 fully saturated rings. The molecule has 31 heavy (non-hydrogen) atoms. The van der Waals surface area contributed by atoms with Crippen LogP contribution < -0.4 is 0 Å². The minimum Gasteiger partial charge on any atom is -0.465 e. The summed E-state index contributed by atoms with van der Waals surface area (Å²) in [5, 5.41) is 0. The number of hydrogen-bond acceptors (Lipinski definition) is 4. The molecule has 2 atom stereocenters. The molecule has 0 heterocycles. The predicted molar refractivity (Wildman–Crippen MR) is 54.9 cm³/mol. The molecule has 0 aliphatic heterocycles. The van der Waals surface area contributed by atoms with E-state index < -0.39 is 54.3 Å². The van der Waals surface area contributed by atoms with E-state index in [1.165, 1.54) is 4.74 Å². The Labute approximate surface area is 156 Å². The van der Waals surface area contributed by atoms with Crippen LogP contribution in [-0.4, -0.2) is 61.5 Å². The monoisotopic (exact) mass is 510 g/mol. The molecule has 0 radical (unpaired) electrons. The van der Waals surface area contributed by atoms with Crippen molar-refractivity contribution in [3.05, 3.63) is 0 Å². The zero-order valence-electron chi connectivity index (χ0n) is 13.6. The molecule has 0 bridgehead atoms. The summed E-state index contributed by atoms with van der Waals surface area (Å²) in [7, 11) is -0.231. The molecule has 0 saturated heterocycles. The van der Waals surface area contributed by atoms with Crippen LogP contribution in [0.5, 0.6) is 0 Å². The third kappa shape index (κ3) is 4.85. The molecule has 0 aliphatic rings. The number of rotatable bonds is 7. The minimum atomic E-state index is -8.03. The summed E-state index contributed by atoms with van der Waals surface area (Å²) < 4.78 is 222. The SMILES string of the molecule is COC(=O)[C@](F)(OC(F)(F)[C@@](F)(OC(F)(F)C(F)(F)C(F)(F)F)C(F)(F)F)C(F)(F)F. The number of esters is 1. The molecular formula is C10H3F17O4. The van der Waals surface area contributed by atoms with E-state index in [9.17, 15) is 79.4 Å². The topological polar surface area (TPSA) is 44.8 Å². The second kappa shape index (κ2) is 7.66. The smallest absolute Gasteiger partial charge is 0.462 e. The van der Waals surface area contributed by atoms with Crippen molar-refractivity contribution in [1.82, 2.24) is 0 Å². The molecule has 0 N–H and O–H groups in total. The molecule has 4 nitrogen and oxygen atoms in total. The quantitative estimate of drug-likeness (QED) is 0.356. The maximum absolute atomic E-state index is 13.7. The van der Waals surface area contributed by atoms with E-state index in [2.05, 4.69) is 4.74 Å². The van der Waals surface area contributed by atoms with Crippen LogP contribution in [-0.2, 0) is 19.0 Å². The number of halogens is 17. The molecule has 0 rings (SSSR count). The van der Waals surface area contributed by atoms with Crippen molar-refractivity contribution in [2.75, 3.05) is 7.11 Å². The molecule has 0 saturated carbocycles. The van der Waals surface area contributed by atoms with Crippen molar-refractivity contribution >= 4 is 5.97 Å². The van der Waals surface area contributed by atoms with Gasteiger partial charge in [-0.3, -0.25) is 9.47 Å². The Kier molecular flexibility index (Phi) is 7.21. The van der Waals surface area contributed by atoms with Crippen molar-refractivity contribution in [3.63, 3.8) is 0 Å². The van der Waals surface area contributed by atoms with Crippen LogP contribution in [0, 0.1) is 0 Å². The number of carbonyl (C=O) groups excluding carboxylic acids is 1. The summed E-state index contributed by atoms with van der Waals surface area (Å²) in [5.41, 5.74) is 0. The zero-order chi connectivity index (χ0) is 25.7. The molecule has 0 unspecified atom stereocenters. The number of carbonyl (C=O) groups is 1. The Bertz CT molecular complexity index is 663. The lowest BCUT2D eigenvalue weighted by Gasteiger charge is -2.39. The van der Waals surface area contributed by atoms with Gasteiger partial charge in [0.25, 0.3) is 0 Å². The molecule has 0 aliphatic carbocycles. The van der Waals surface area contributed by atoms with Gasteiger partial charge in [-0.25, -0.2) is 4.79 Å². The van der Waals surface area contributed by atoms with Gasteiger partial charge in [0.1, 0.15) is 0 Å². The van der Waals surface area contributed by atoms with Crippen LogP contribution in [0.3, 0.4) is 0 Å². The van der Waals surface area contributed by atoms with Gasteiger partial charge in [0.15, 0.2) is 0 Å². The van der Waals surface area contributed by atoms with Crippen molar-refractivity contribution in [3.8, 4) is 0 Å². The van der Waals surface area contributed by atoms with Gasteiger partial charge in [-0.05, 0) is 0 Å². The maximum Gasteiger partial charge on any atom is 0.462 e. The lowest BCUT2D eigenvalue weighted by Crippen LogP contribution is -2.68. The fraction of sp³-hybridized carbons (Fsp3) is 0.900. The van der Waals surface area contributed by atoms with Gasteiger partial charge < -0.3 is 4.74 Å². The van der Waals surface area contributed by atoms with E-state index in [4.69, 9.17) is 0 Å². The Morgan fingerprint density at radius 2 is 0.935 bits per heavy atom. The second-order valence-corrected chi connectivity index (χ2v) is 4.99. The fourth-order valence-electron chi connectivity index (χ4n) is 1.28. The summed E-state index contributed by atoms with van der Waals surface area (Å²) >= 11 is 0. The molecule has 0 aromatic heterocycles. The van der Waals surface area contributed by atoms with Gasteiger partial charge in [-0.1, -0.05) is 0 Å². The zero-order valence-corrected chi connectivity index (χ0v) is 13.6. The van der Waals surface area contributed by atoms with Gasteiger partial charge in [0.05, 0.1) is 7.11 Å². The van der Waals surface area contributed by atoms with E-state index >= 15 is 0 Å². The van der Waals surface area contributed by atoms with Crippen LogP contribution in [0.25, 0.3) is 0 Å². The summed E-state index contributed by atoms with van der Waals surface area (Å²) in [6.45, 7) is 0. The summed E-state index contributed by atoms with van der Waals surface area (Å²) in [4.78, 5) is 10.7. The first-order valence-corrected chi connectivity index (χ1v) is 6.35. The van der Waals surface area contributed by atoms with E-state index in [-0.39, 0.29) is 7.11 Å². The van der Waals surface area contributed by atoms with Gasteiger partial charge in [-0.2, -0.15) is 74.6 Å². The van der Waals surface area contributed by atoms with Gasteiger partial charge in [0, 0.05) is 0 Å². The van der Waals surface area contributed by atoms with Crippen LogP contribution >= 0.6 is 0 Å². The fourth-order valence-corrected chi connectivity index (χ4v) is 1.28. The second-order valence-electron chi connectivity index (χ2n) is 4.99. The molecule has 0 aromatic rings. The maximum atomic E-state index is 13.7. The van der Waals surface area contributed by atoms with Crippen molar-refractivity contribution in [2.45, 2.75) is 48.4 Å². The van der Waals surface area contributed by atoms with Crippen LogP contribution in [0.4, 0.5) is 74.6 Å². The number of alkyl halides is 17. The summed E-state index contributed by atoms with van der Waals surface area (Å²) in [6.07, 6.45) is -38.5. The molecule has 0 amide bonds. The van der Waals surface area contributed by atoms with Gasteiger partial charge in [0.2, 0.25) is 0 Å². The first-order valence-electron chi connectivity index (χ1n) is 6.35. The van der Waals surface area contributed by atoms with Crippen LogP contribution in [0.15, 0.2) is 0 Å². The van der Waals surface area contributed by atoms with E-state index in [1.54, 1.807) is 4.74 Å². The molecule has 0 spiro atoms. The highest BCUT2D eigenvalue weighted by atomic mass is 19.4. The lowest BCUT2D eigenvalue weighted by molar-refractivity contribution is -0.548. The average molecular weight is 510 g/mol. The van der Waals surface area contributed by atoms with Crippen molar-refractivity contribution in [2.24, 2.45) is 0 Å². The molecule has 21 heteroatoms.